The zero-order valence-corrected chi connectivity index (χ0v) is 15.7. The summed E-state index contributed by atoms with van der Waals surface area (Å²) in [6.45, 7) is 1.73. The lowest BCUT2D eigenvalue weighted by Crippen LogP contribution is -2.20. The minimum absolute atomic E-state index is 0.259. The Morgan fingerprint density at radius 3 is 2.75 bits per heavy atom. The van der Waals surface area contributed by atoms with Crippen molar-refractivity contribution >= 4 is 27.6 Å². The largest absolute Gasteiger partial charge is 0.384 e. The average Bonchev–Trinajstić information content (AvgIpc) is 3.09. The number of benzene rings is 2. The summed E-state index contributed by atoms with van der Waals surface area (Å²) in [5.41, 5.74) is 4.47. The van der Waals surface area contributed by atoms with Crippen LogP contribution in [-0.2, 0) is 0 Å². The number of H-pyrrole nitrogens is 2. The number of hydrogen-bond acceptors (Lipinski definition) is 5. The molecule has 0 saturated carbocycles. The molecule has 4 rings (SSSR count). The molecule has 2 heterocycles. The Hall–Kier alpha value is -3.63. The van der Waals surface area contributed by atoms with Crippen LogP contribution in [0.5, 0.6) is 0 Å². The number of nitriles is 1. The molecular weight excluding hydrogens is 352 g/mol. The van der Waals surface area contributed by atoms with Gasteiger partial charge in [-0.15, -0.1) is 0 Å². The van der Waals surface area contributed by atoms with E-state index < -0.39 is 0 Å². The molecule has 0 spiro atoms. The molecule has 28 heavy (non-hydrogen) atoms. The van der Waals surface area contributed by atoms with Crippen molar-refractivity contribution in [1.29, 1.82) is 5.26 Å². The molecule has 0 aliphatic rings. The average molecular weight is 372 g/mol. The van der Waals surface area contributed by atoms with Crippen LogP contribution < -0.4 is 10.9 Å². The van der Waals surface area contributed by atoms with Gasteiger partial charge in [0.2, 0.25) is 0 Å². The molecule has 0 saturated heterocycles. The first-order valence-electron chi connectivity index (χ1n) is 8.99. The highest BCUT2D eigenvalue weighted by Gasteiger charge is 2.11. The summed E-state index contributed by atoms with van der Waals surface area (Å²) in [5.74, 6) is 0. The molecule has 2 aromatic carbocycles. The van der Waals surface area contributed by atoms with Crippen LogP contribution in [0.1, 0.15) is 5.56 Å². The molecule has 0 aliphatic heterocycles. The maximum Gasteiger partial charge on any atom is 0.276 e. The third kappa shape index (κ3) is 3.46. The second-order valence-electron chi connectivity index (χ2n) is 6.97. The van der Waals surface area contributed by atoms with Crippen molar-refractivity contribution in [3.8, 4) is 17.5 Å². The van der Waals surface area contributed by atoms with Crippen LogP contribution in [0.15, 0.2) is 47.3 Å². The van der Waals surface area contributed by atoms with Gasteiger partial charge in [-0.25, -0.2) is 4.98 Å². The van der Waals surface area contributed by atoms with E-state index >= 15 is 0 Å². The number of likely N-dealkylation sites (N-methyl/N-ethyl adjacent to an activating group) is 1. The van der Waals surface area contributed by atoms with Gasteiger partial charge in [0.25, 0.3) is 5.56 Å². The Morgan fingerprint density at radius 1 is 1.11 bits per heavy atom. The molecule has 140 valence electrons. The summed E-state index contributed by atoms with van der Waals surface area (Å²) in [5, 5.41) is 13.3. The normalized spacial score (nSPS) is 11.2. The second kappa shape index (κ2) is 7.18. The summed E-state index contributed by atoms with van der Waals surface area (Å²) in [7, 11) is 4.05. The predicted octanol–water partition coefficient (Wildman–Crippen LogP) is 2.92. The van der Waals surface area contributed by atoms with Crippen molar-refractivity contribution < 1.29 is 0 Å². The Morgan fingerprint density at radius 2 is 1.96 bits per heavy atom. The van der Waals surface area contributed by atoms with Crippen LogP contribution in [0.3, 0.4) is 0 Å². The first-order valence-corrected chi connectivity index (χ1v) is 8.99. The van der Waals surface area contributed by atoms with Gasteiger partial charge in [0.15, 0.2) is 5.69 Å². The molecule has 0 fully saturated rings. The Bertz CT molecular complexity index is 1260. The van der Waals surface area contributed by atoms with Crippen LogP contribution in [0.4, 0.5) is 5.69 Å². The van der Waals surface area contributed by atoms with Crippen molar-refractivity contribution in [3.63, 3.8) is 0 Å². The molecule has 3 N–H and O–H groups in total. The van der Waals surface area contributed by atoms with Crippen LogP contribution >= 0.6 is 0 Å². The number of anilines is 1. The number of aromatic amines is 2. The van der Waals surface area contributed by atoms with Gasteiger partial charge in [-0.2, -0.15) is 5.26 Å². The molecule has 0 aliphatic carbocycles. The highest BCUT2D eigenvalue weighted by molar-refractivity contribution is 5.87. The van der Waals surface area contributed by atoms with Crippen LogP contribution in [0.25, 0.3) is 33.3 Å². The van der Waals surface area contributed by atoms with Gasteiger partial charge in [-0.05, 0) is 56.6 Å². The third-order valence-corrected chi connectivity index (χ3v) is 4.59. The molecule has 0 unspecified atom stereocenters. The van der Waals surface area contributed by atoms with Crippen molar-refractivity contribution in [1.82, 2.24) is 19.9 Å². The highest BCUT2D eigenvalue weighted by Crippen LogP contribution is 2.23. The van der Waals surface area contributed by atoms with E-state index in [9.17, 15) is 4.79 Å². The van der Waals surface area contributed by atoms with Crippen molar-refractivity contribution in [2.45, 2.75) is 0 Å². The fourth-order valence-corrected chi connectivity index (χ4v) is 3.13. The predicted molar refractivity (Wildman–Crippen MR) is 111 cm³/mol. The third-order valence-electron chi connectivity index (χ3n) is 4.59. The number of nitrogens with one attached hydrogen (secondary N) is 3. The van der Waals surface area contributed by atoms with Gasteiger partial charge in [-0.1, -0.05) is 0 Å². The van der Waals surface area contributed by atoms with E-state index in [1.807, 2.05) is 44.4 Å². The van der Waals surface area contributed by atoms with E-state index in [4.69, 9.17) is 5.26 Å². The van der Waals surface area contributed by atoms with E-state index in [1.54, 1.807) is 12.1 Å². The minimum Gasteiger partial charge on any atom is -0.384 e. The van der Waals surface area contributed by atoms with Gasteiger partial charge < -0.3 is 20.2 Å². The molecule has 2 aromatic heterocycles. The van der Waals surface area contributed by atoms with Gasteiger partial charge in [0.05, 0.1) is 28.4 Å². The summed E-state index contributed by atoms with van der Waals surface area (Å²) in [4.78, 5) is 25.4. The van der Waals surface area contributed by atoms with E-state index in [0.717, 1.165) is 29.7 Å². The fourth-order valence-electron chi connectivity index (χ4n) is 3.13. The quantitative estimate of drug-likeness (QED) is 0.500. The second-order valence-corrected chi connectivity index (χ2v) is 6.97. The molecule has 0 amide bonds. The lowest BCUT2D eigenvalue weighted by Gasteiger charge is -2.11. The zero-order valence-electron chi connectivity index (χ0n) is 15.7. The molecule has 7 nitrogen and oxygen atoms in total. The molecule has 0 atom stereocenters. The number of hydrogen-bond donors (Lipinski definition) is 3. The van der Waals surface area contributed by atoms with Crippen molar-refractivity contribution in [2.24, 2.45) is 0 Å². The lowest BCUT2D eigenvalue weighted by molar-refractivity contribution is 0.425. The van der Waals surface area contributed by atoms with Crippen LogP contribution in [-0.4, -0.2) is 47.0 Å². The molecule has 7 heteroatoms. The standard InChI is InChI=1S/C21H20N6O/c1-27(2)8-7-23-15-4-6-17-18(11-15)26-21(28)20(25-17)19-10-14-9-13(12-22)3-5-16(14)24-19/h3-6,9-11,23-24H,7-8H2,1-2H3,(H,26,28). The fraction of sp³-hybridized carbons (Fsp3) is 0.190. The van der Waals surface area contributed by atoms with E-state index in [0.29, 0.717) is 28.0 Å². The Balaban J connectivity index is 1.69. The number of aromatic nitrogens is 3. The lowest BCUT2D eigenvalue weighted by atomic mass is 10.1. The summed E-state index contributed by atoms with van der Waals surface area (Å²) in [6, 6.07) is 15.1. The minimum atomic E-state index is -0.259. The maximum atomic E-state index is 12.6. The summed E-state index contributed by atoms with van der Waals surface area (Å²) in [6.07, 6.45) is 0. The van der Waals surface area contributed by atoms with E-state index in [1.165, 1.54) is 0 Å². The van der Waals surface area contributed by atoms with Gasteiger partial charge in [-0.3, -0.25) is 4.79 Å². The van der Waals surface area contributed by atoms with Gasteiger partial charge in [0.1, 0.15) is 0 Å². The molecular formula is C21H20N6O. The number of fused-ring (bicyclic) bond motifs is 2. The molecule has 0 radical (unpaired) electrons. The Labute approximate surface area is 161 Å². The van der Waals surface area contributed by atoms with Gasteiger partial charge >= 0.3 is 0 Å². The van der Waals surface area contributed by atoms with Crippen LogP contribution in [0, 0.1) is 11.3 Å². The first kappa shape index (κ1) is 17.8. The molecule has 0 bridgehead atoms. The highest BCUT2D eigenvalue weighted by atomic mass is 16.1. The number of nitrogens with zero attached hydrogens (tertiary/aromatic N) is 3. The van der Waals surface area contributed by atoms with Crippen molar-refractivity contribution in [3.05, 3.63) is 58.4 Å². The van der Waals surface area contributed by atoms with E-state index in [2.05, 4.69) is 31.2 Å². The smallest absolute Gasteiger partial charge is 0.276 e. The summed E-state index contributed by atoms with van der Waals surface area (Å²) < 4.78 is 0. The first-order chi connectivity index (χ1) is 13.5. The SMILES string of the molecule is CN(C)CCNc1ccc2nc(-c3cc4cc(C#N)ccc4[nH]3)c(=O)[nH]c2c1. The number of rotatable bonds is 5. The maximum absolute atomic E-state index is 12.6. The Kier molecular flexibility index (Phi) is 4.55. The van der Waals surface area contributed by atoms with Crippen LogP contribution in [0.2, 0.25) is 0 Å². The van der Waals surface area contributed by atoms with Gasteiger partial charge in [0, 0.05) is 29.7 Å². The molecule has 4 aromatic rings. The topological polar surface area (TPSA) is 101 Å². The monoisotopic (exact) mass is 372 g/mol. The zero-order chi connectivity index (χ0) is 19.7. The summed E-state index contributed by atoms with van der Waals surface area (Å²) >= 11 is 0. The van der Waals surface area contributed by atoms with E-state index in [-0.39, 0.29) is 5.56 Å². The van der Waals surface area contributed by atoms with Crippen molar-refractivity contribution in [2.75, 3.05) is 32.5 Å².